The molecule has 0 radical (unpaired) electrons. The fourth-order valence-electron chi connectivity index (χ4n) is 5.29. The molecule has 2 aliphatic heterocycles. The maximum absolute atomic E-state index is 12.3. The van der Waals surface area contributed by atoms with Gasteiger partial charge in [-0.05, 0) is 30.9 Å². The van der Waals surface area contributed by atoms with Crippen LogP contribution in [0.15, 0.2) is 78.2 Å². The summed E-state index contributed by atoms with van der Waals surface area (Å²) in [6.45, 7) is 5.65. The van der Waals surface area contributed by atoms with Crippen molar-refractivity contribution in [2.75, 3.05) is 13.1 Å². The Morgan fingerprint density at radius 3 is 2.64 bits per heavy atom. The number of benzene rings is 1. The minimum absolute atomic E-state index is 0.110. The Morgan fingerprint density at radius 1 is 1.07 bits per heavy atom. The number of nitrogens with zero attached hydrogens (tertiary/aromatic N) is 2. The summed E-state index contributed by atoms with van der Waals surface area (Å²) < 4.78 is 0. The highest BCUT2D eigenvalue weighted by atomic mass is 16.1. The van der Waals surface area contributed by atoms with Gasteiger partial charge in [0.25, 0.3) is 0 Å². The average Bonchev–Trinajstić information content (AvgIpc) is 3.06. The molecule has 3 nitrogen and oxygen atoms in total. The summed E-state index contributed by atoms with van der Waals surface area (Å²) in [5.41, 5.74) is 3.90. The van der Waals surface area contributed by atoms with Gasteiger partial charge < -0.3 is 4.90 Å². The van der Waals surface area contributed by atoms with Crippen LogP contribution in [-0.2, 0) is 11.3 Å². The number of rotatable bonds is 3. The number of carbonyl (C=O) groups is 1. The van der Waals surface area contributed by atoms with E-state index in [9.17, 15) is 4.79 Å². The Hall–Kier alpha value is -2.39. The Labute approximate surface area is 167 Å². The first-order valence-electron chi connectivity index (χ1n) is 10.5. The van der Waals surface area contributed by atoms with E-state index >= 15 is 0 Å². The molecule has 1 aromatic carbocycles. The fourth-order valence-corrected chi connectivity index (χ4v) is 5.29. The number of hydrogen-bond acceptors (Lipinski definition) is 3. The van der Waals surface area contributed by atoms with E-state index in [-0.39, 0.29) is 11.0 Å². The van der Waals surface area contributed by atoms with Crippen molar-refractivity contribution in [2.24, 2.45) is 5.41 Å². The molecule has 0 amide bonds. The Balaban J connectivity index is 1.37. The first-order valence-corrected chi connectivity index (χ1v) is 10.5. The van der Waals surface area contributed by atoms with E-state index < -0.39 is 0 Å². The molecule has 0 bridgehead atoms. The molecule has 28 heavy (non-hydrogen) atoms. The number of piperidine rings is 1. The van der Waals surface area contributed by atoms with E-state index in [1.807, 2.05) is 0 Å². The van der Waals surface area contributed by atoms with Crippen LogP contribution in [0, 0.1) is 5.41 Å². The molecule has 1 spiro atoms. The molecule has 3 heteroatoms. The number of carbonyl (C=O) groups excluding carboxylic acids is 1. The van der Waals surface area contributed by atoms with E-state index in [1.165, 1.54) is 16.8 Å². The second-order valence-corrected chi connectivity index (χ2v) is 8.91. The van der Waals surface area contributed by atoms with Gasteiger partial charge in [0.2, 0.25) is 0 Å². The van der Waals surface area contributed by atoms with Crippen LogP contribution in [-0.4, -0.2) is 34.2 Å². The molecule has 1 aromatic rings. The molecular formula is C25H28N2O. The molecule has 2 heterocycles. The standard InChI is InChI=1S/C25H28N2O/c1-24(13-15-26(16-14-24)18-20-7-3-2-4-8-20)27-19-21-9-5-6-12-25(21)17-22(28)10-11-23(25)27/h2-9,11-12,19H,10,13-18H2,1H3. The van der Waals surface area contributed by atoms with E-state index in [1.54, 1.807) is 0 Å². The zero-order valence-corrected chi connectivity index (χ0v) is 16.6. The Bertz CT molecular complexity index is 900. The fraction of sp³-hybridized carbons (Fsp3) is 0.400. The van der Waals surface area contributed by atoms with Gasteiger partial charge in [-0.2, -0.15) is 0 Å². The van der Waals surface area contributed by atoms with E-state index in [2.05, 4.69) is 83.6 Å². The van der Waals surface area contributed by atoms with Gasteiger partial charge >= 0.3 is 0 Å². The van der Waals surface area contributed by atoms with Crippen molar-refractivity contribution in [3.8, 4) is 0 Å². The molecule has 0 N–H and O–H groups in total. The van der Waals surface area contributed by atoms with Gasteiger partial charge in [-0.3, -0.25) is 9.69 Å². The first-order chi connectivity index (χ1) is 13.6. The maximum atomic E-state index is 12.3. The maximum Gasteiger partial charge on any atom is 0.138 e. The predicted molar refractivity (Wildman–Crippen MR) is 112 cm³/mol. The lowest BCUT2D eigenvalue weighted by Crippen LogP contribution is -2.51. The molecule has 0 aromatic heterocycles. The smallest absolute Gasteiger partial charge is 0.138 e. The van der Waals surface area contributed by atoms with Gasteiger partial charge in [-0.15, -0.1) is 0 Å². The quantitative estimate of drug-likeness (QED) is 0.775. The van der Waals surface area contributed by atoms with Crippen LogP contribution in [0.2, 0.25) is 0 Å². The van der Waals surface area contributed by atoms with Gasteiger partial charge in [0.05, 0.1) is 5.41 Å². The number of allylic oxidation sites excluding steroid dienone is 5. The van der Waals surface area contributed by atoms with Crippen molar-refractivity contribution in [1.82, 2.24) is 9.80 Å². The van der Waals surface area contributed by atoms with Crippen LogP contribution in [0.5, 0.6) is 0 Å². The molecule has 5 rings (SSSR count). The average molecular weight is 373 g/mol. The molecular weight excluding hydrogens is 344 g/mol. The van der Waals surface area contributed by atoms with Gasteiger partial charge in [0, 0.05) is 49.9 Å². The van der Waals surface area contributed by atoms with E-state index in [4.69, 9.17) is 0 Å². The largest absolute Gasteiger partial charge is 0.344 e. The highest BCUT2D eigenvalue weighted by molar-refractivity contribution is 5.85. The third kappa shape index (κ3) is 2.80. The summed E-state index contributed by atoms with van der Waals surface area (Å²) >= 11 is 0. The lowest BCUT2D eigenvalue weighted by molar-refractivity contribution is -0.119. The molecule has 1 unspecified atom stereocenters. The number of Topliss-reactive ketones (excluding diaryl/α,β-unsaturated/α-hetero) is 1. The molecule has 1 saturated heterocycles. The molecule has 0 saturated carbocycles. The van der Waals surface area contributed by atoms with Gasteiger partial charge in [0.15, 0.2) is 0 Å². The highest BCUT2D eigenvalue weighted by Crippen LogP contribution is 2.55. The summed E-state index contributed by atoms with van der Waals surface area (Å²) in [5.74, 6) is 0.347. The van der Waals surface area contributed by atoms with Crippen molar-refractivity contribution < 1.29 is 4.79 Å². The van der Waals surface area contributed by atoms with Crippen LogP contribution in [0.4, 0.5) is 0 Å². The number of hydrogen-bond donors (Lipinski definition) is 0. The minimum atomic E-state index is -0.214. The summed E-state index contributed by atoms with van der Waals surface area (Å²) in [5, 5.41) is 0. The van der Waals surface area contributed by atoms with Crippen molar-refractivity contribution in [2.45, 2.75) is 44.7 Å². The molecule has 1 fully saturated rings. The second-order valence-electron chi connectivity index (χ2n) is 8.91. The summed E-state index contributed by atoms with van der Waals surface area (Å²) in [7, 11) is 0. The van der Waals surface area contributed by atoms with Gasteiger partial charge in [-0.1, -0.05) is 60.7 Å². The summed E-state index contributed by atoms with van der Waals surface area (Å²) in [4.78, 5) is 17.4. The second kappa shape index (κ2) is 6.59. The zero-order valence-electron chi connectivity index (χ0n) is 16.6. The highest BCUT2D eigenvalue weighted by Gasteiger charge is 2.50. The van der Waals surface area contributed by atoms with Gasteiger partial charge in [0.1, 0.15) is 5.78 Å². The van der Waals surface area contributed by atoms with E-state index in [0.717, 1.165) is 32.5 Å². The molecule has 2 aliphatic carbocycles. The molecule has 4 aliphatic rings. The van der Waals surface area contributed by atoms with Crippen LogP contribution in [0.3, 0.4) is 0 Å². The van der Waals surface area contributed by atoms with Crippen molar-refractivity contribution in [3.05, 3.63) is 83.7 Å². The number of likely N-dealkylation sites (tertiary alicyclic amines) is 1. The number of ketones is 1. The summed E-state index contributed by atoms with van der Waals surface area (Å²) in [6.07, 6.45) is 16.6. The summed E-state index contributed by atoms with van der Waals surface area (Å²) in [6, 6.07) is 10.8. The zero-order chi connectivity index (χ0) is 19.2. The molecule has 144 valence electrons. The van der Waals surface area contributed by atoms with Crippen LogP contribution < -0.4 is 0 Å². The SMILES string of the molecule is CC1(N2C=C3C=CC=CC34CC(=O)CC=C24)CCN(Cc2ccccc2)CC1. The normalized spacial score (nSPS) is 28.6. The topological polar surface area (TPSA) is 23.6 Å². The van der Waals surface area contributed by atoms with Crippen molar-refractivity contribution in [1.29, 1.82) is 0 Å². The third-order valence-electron chi connectivity index (χ3n) is 7.03. The van der Waals surface area contributed by atoms with Gasteiger partial charge in [-0.25, -0.2) is 0 Å². The van der Waals surface area contributed by atoms with Crippen LogP contribution in [0.25, 0.3) is 0 Å². The van der Waals surface area contributed by atoms with Crippen LogP contribution in [0.1, 0.15) is 38.2 Å². The monoisotopic (exact) mass is 372 g/mol. The first kappa shape index (κ1) is 17.7. The lowest BCUT2D eigenvalue weighted by Gasteiger charge is -2.48. The third-order valence-corrected chi connectivity index (χ3v) is 7.03. The molecule has 1 atom stereocenters. The lowest BCUT2D eigenvalue weighted by atomic mass is 9.69. The van der Waals surface area contributed by atoms with Crippen molar-refractivity contribution in [3.63, 3.8) is 0 Å². The van der Waals surface area contributed by atoms with Crippen molar-refractivity contribution >= 4 is 5.78 Å². The van der Waals surface area contributed by atoms with E-state index in [0.29, 0.717) is 18.6 Å². The Morgan fingerprint density at radius 2 is 1.86 bits per heavy atom. The van der Waals surface area contributed by atoms with Crippen LogP contribution >= 0.6 is 0 Å². The minimum Gasteiger partial charge on any atom is -0.344 e. The predicted octanol–water partition coefficient (Wildman–Crippen LogP) is 4.60. The Kier molecular flexibility index (Phi) is 4.17.